The highest BCUT2D eigenvalue weighted by atomic mass is 16.8. The van der Waals surface area contributed by atoms with E-state index in [0.29, 0.717) is 0 Å². The molecule has 7 rings (SSSR count). The monoisotopic (exact) mass is 902 g/mol. The molecule has 4 aliphatic heterocycles. The van der Waals surface area contributed by atoms with Gasteiger partial charge in [-0.15, -0.1) is 0 Å². The van der Waals surface area contributed by atoms with Gasteiger partial charge in [0.05, 0.1) is 25.4 Å². The lowest BCUT2D eigenvalue weighted by atomic mass is 9.96. The standard InChI is InChI=1S/C39H50O24/c1-11-21(44)26(49)29(52)36(56-11)55-10-19-24(47)33(61-38-31(54)28(51)23(46)18(9-40)59-38)35(63-37-30(53)27(50)22(45)12(2)57-37)39(60-19)62-34-25(48)20-16(43)7-15(42)8-17(20)58-32(34)13-3-5-14(41)6-4-13/h3-8,11-12,18-19,21-24,26-31,33,35-47,49-54H,9-10H2,1-2H3/t11-,12-,18+,19+,21-,22-,23+,24-,26+,27+,28-,29+,30+,31+,33-,35+,36-,37-,38-,39-/m0/s1. The minimum atomic E-state index is -2.13. The molecule has 24 heteroatoms. The minimum absolute atomic E-state index is 0.0576. The van der Waals surface area contributed by atoms with Crippen LogP contribution in [0.3, 0.4) is 0 Å². The number of hydrogen-bond donors (Lipinski definition) is 14. The maximum atomic E-state index is 14.4. The number of benzene rings is 2. The molecular weight excluding hydrogens is 852 g/mol. The van der Waals surface area contributed by atoms with Gasteiger partial charge in [-0.05, 0) is 38.1 Å². The molecule has 350 valence electrons. The fourth-order valence-electron chi connectivity index (χ4n) is 7.67. The molecule has 14 N–H and O–H groups in total. The van der Waals surface area contributed by atoms with Crippen molar-refractivity contribution in [1.29, 1.82) is 0 Å². The van der Waals surface area contributed by atoms with Gasteiger partial charge in [-0.2, -0.15) is 0 Å². The molecule has 0 unspecified atom stereocenters. The van der Waals surface area contributed by atoms with Crippen molar-refractivity contribution in [3.8, 4) is 34.3 Å². The van der Waals surface area contributed by atoms with Crippen LogP contribution in [0.2, 0.25) is 0 Å². The van der Waals surface area contributed by atoms with Gasteiger partial charge in [-0.3, -0.25) is 4.79 Å². The first kappa shape index (κ1) is 47.1. The molecule has 4 fully saturated rings. The quantitative estimate of drug-likeness (QED) is 0.0859. The Kier molecular flexibility index (Phi) is 14.1. The van der Waals surface area contributed by atoms with E-state index in [1.54, 1.807) is 0 Å². The summed E-state index contributed by atoms with van der Waals surface area (Å²) in [6.45, 7) is 0.977. The van der Waals surface area contributed by atoms with Gasteiger partial charge in [0.2, 0.25) is 17.5 Å². The SMILES string of the molecule is C[C@@H]1O[C@@H](O[C@H]2[C@H](Oc3c(-c4ccc(O)cc4)oc4cc(O)cc(O)c4c3=O)O[C@H](CO[C@H]3O[C@@H](C)[C@H](O)[C@@H](O)[C@H]3O)[C@H](O)[C@@H]2O[C@@H]2O[C@H](CO)[C@@H](O)[C@H](O)[C@H]2O)[C@H](O)[C@H](O)[C@H]1O. The molecule has 20 atom stereocenters. The summed E-state index contributed by atoms with van der Waals surface area (Å²) in [4.78, 5) is 14.4. The molecule has 4 aliphatic rings. The first-order valence-electron chi connectivity index (χ1n) is 19.8. The molecule has 0 aliphatic carbocycles. The number of aliphatic hydroxyl groups is 11. The Balaban J connectivity index is 1.35. The van der Waals surface area contributed by atoms with Crippen LogP contribution in [0, 0.1) is 0 Å². The number of phenols is 3. The van der Waals surface area contributed by atoms with Gasteiger partial charge < -0.3 is 114 Å². The largest absolute Gasteiger partial charge is 0.508 e. The zero-order valence-electron chi connectivity index (χ0n) is 33.3. The first-order chi connectivity index (χ1) is 29.8. The number of ether oxygens (including phenoxy) is 8. The summed E-state index contributed by atoms with van der Waals surface area (Å²) in [5.41, 5.74) is -1.39. The van der Waals surface area contributed by atoms with Crippen molar-refractivity contribution in [2.75, 3.05) is 13.2 Å². The lowest BCUT2D eigenvalue weighted by molar-refractivity contribution is -0.386. The van der Waals surface area contributed by atoms with Crippen LogP contribution in [0.4, 0.5) is 0 Å². The average molecular weight is 903 g/mol. The molecule has 63 heavy (non-hydrogen) atoms. The molecule has 4 saturated heterocycles. The molecule has 0 amide bonds. The molecule has 0 radical (unpaired) electrons. The van der Waals surface area contributed by atoms with E-state index in [-0.39, 0.29) is 16.9 Å². The van der Waals surface area contributed by atoms with E-state index in [1.807, 2.05) is 0 Å². The van der Waals surface area contributed by atoms with Gasteiger partial charge in [-0.25, -0.2) is 0 Å². The van der Waals surface area contributed by atoms with Crippen LogP contribution in [0.1, 0.15) is 13.8 Å². The van der Waals surface area contributed by atoms with Crippen LogP contribution in [0.15, 0.2) is 45.6 Å². The zero-order chi connectivity index (χ0) is 45.8. The van der Waals surface area contributed by atoms with Crippen molar-refractivity contribution in [3.05, 3.63) is 46.6 Å². The Bertz CT molecular complexity index is 2080. The Morgan fingerprint density at radius 1 is 0.571 bits per heavy atom. The van der Waals surface area contributed by atoms with Crippen LogP contribution in [-0.2, 0) is 33.2 Å². The Hall–Kier alpha value is -3.87. The van der Waals surface area contributed by atoms with Crippen LogP contribution < -0.4 is 10.2 Å². The van der Waals surface area contributed by atoms with E-state index in [9.17, 15) is 76.3 Å². The fourth-order valence-corrected chi connectivity index (χ4v) is 7.67. The van der Waals surface area contributed by atoms with Crippen molar-refractivity contribution >= 4 is 11.0 Å². The van der Waals surface area contributed by atoms with Gasteiger partial charge in [-0.1, -0.05) is 0 Å². The van der Waals surface area contributed by atoms with Crippen LogP contribution in [0.25, 0.3) is 22.3 Å². The molecule has 0 spiro atoms. The van der Waals surface area contributed by atoms with Gasteiger partial charge in [0.15, 0.2) is 30.7 Å². The second kappa shape index (κ2) is 18.9. The highest BCUT2D eigenvalue weighted by Crippen LogP contribution is 2.40. The highest BCUT2D eigenvalue weighted by Gasteiger charge is 2.56. The summed E-state index contributed by atoms with van der Waals surface area (Å²) in [6, 6.07) is 6.91. The number of aromatic hydroxyl groups is 3. The van der Waals surface area contributed by atoms with Crippen LogP contribution in [0.5, 0.6) is 23.0 Å². The maximum Gasteiger partial charge on any atom is 0.239 e. The number of aliphatic hydroxyl groups excluding tert-OH is 11. The predicted molar refractivity (Wildman–Crippen MR) is 202 cm³/mol. The first-order valence-corrected chi connectivity index (χ1v) is 19.8. The predicted octanol–water partition coefficient (Wildman–Crippen LogP) is -4.72. The summed E-state index contributed by atoms with van der Waals surface area (Å²) in [5.74, 6) is -2.65. The summed E-state index contributed by atoms with van der Waals surface area (Å²) in [6.07, 6.45) is -36.2. The molecule has 5 heterocycles. The number of hydrogen-bond acceptors (Lipinski definition) is 24. The molecule has 2 aromatic carbocycles. The topological polar surface area (TPSA) is 387 Å². The van der Waals surface area contributed by atoms with Gasteiger partial charge in [0.1, 0.15) is 108 Å². The van der Waals surface area contributed by atoms with Crippen molar-refractivity contribution < 1.29 is 114 Å². The third-order valence-electron chi connectivity index (χ3n) is 11.4. The van der Waals surface area contributed by atoms with E-state index >= 15 is 0 Å². The minimum Gasteiger partial charge on any atom is -0.508 e. The van der Waals surface area contributed by atoms with E-state index in [2.05, 4.69) is 0 Å². The lowest BCUT2D eigenvalue weighted by Gasteiger charge is -2.49. The number of rotatable bonds is 11. The molecule has 1 aromatic heterocycles. The van der Waals surface area contributed by atoms with Gasteiger partial charge >= 0.3 is 0 Å². The molecule has 3 aromatic rings. The van der Waals surface area contributed by atoms with Crippen molar-refractivity contribution in [3.63, 3.8) is 0 Å². The van der Waals surface area contributed by atoms with Crippen LogP contribution in [-0.4, -0.2) is 208 Å². The molecule has 24 nitrogen and oxygen atoms in total. The Labute approximate surface area is 355 Å². The van der Waals surface area contributed by atoms with E-state index in [4.69, 9.17) is 42.3 Å². The fraction of sp³-hybridized carbons (Fsp3) is 0.615. The van der Waals surface area contributed by atoms with Crippen molar-refractivity contribution in [2.45, 2.75) is 137 Å². The van der Waals surface area contributed by atoms with Crippen molar-refractivity contribution in [2.24, 2.45) is 0 Å². The molecular formula is C39H50O24. The third kappa shape index (κ3) is 9.19. The van der Waals surface area contributed by atoms with Crippen LogP contribution >= 0.6 is 0 Å². The summed E-state index contributed by atoms with van der Waals surface area (Å²) >= 11 is 0. The highest BCUT2D eigenvalue weighted by molar-refractivity contribution is 5.88. The second-order valence-corrected chi connectivity index (χ2v) is 15.7. The average Bonchev–Trinajstić information content (AvgIpc) is 3.25. The summed E-state index contributed by atoms with van der Waals surface area (Å²) in [5, 5.41) is 148. The normalized spacial score (nSPS) is 41.1. The number of phenolic OH excluding ortho intramolecular Hbond substituents is 3. The zero-order valence-corrected chi connectivity index (χ0v) is 33.3. The Morgan fingerprint density at radius 2 is 1.11 bits per heavy atom. The van der Waals surface area contributed by atoms with E-state index in [0.717, 1.165) is 12.1 Å². The second-order valence-electron chi connectivity index (χ2n) is 15.7. The molecule has 0 bridgehead atoms. The third-order valence-corrected chi connectivity index (χ3v) is 11.4. The van der Waals surface area contributed by atoms with Gasteiger partial charge in [0, 0.05) is 17.7 Å². The number of fused-ring (bicyclic) bond motifs is 1. The summed E-state index contributed by atoms with van der Waals surface area (Å²) < 4.78 is 53.0. The van der Waals surface area contributed by atoms with Gasteiger partial charge in [0.25, 0.3) is 0 Å². The smallest absolute Gasteiger partial charge is 0.239 e. The summed E-state index contributed by atoms with van der Waals surface area (Å²) in [7, 11) is 0. The van der Waals surface area contributed by atoms with E-state index < -0.39 is 170 Å². The molecule has 0 saturated carbocycles. The lowest BCUT2D eigenvalue weighted by Crippen LogP contribution is -2.67. The van der Waals surface area contributed by atoms with E-state index in [1.165, 1.54) is 38.1 Å². The Morgan fingerprint density at radius 3 is 1.73 bits per heavy atom. The maximum absolute atomic E-state index is 14.4. The van der Waals surface area contributed by atoms with Crippen molar-refractivity contribution in [1.82, 2.24) is 0 Å².